The summed E-state index contributed by atoms with van der Waals surface area (Å²) in [6.07, 6.45) is 0. The Morgan fingerprint density at radius 2 is 2.19 bits per heavy atom. The summed E-state index contributed by atoms with van der Waals surface area (Å²) in [4.78, 5) is 13.0. The summed E-state index contributed by atoms with van der Waals surface area (Å²) in [5, 5.41) is 3.04. The van der Waals surface area contributed by atoms with Crippen LogP contribution in [-0.2, 0) is 4.79 Å². The van der Waals surface area contributed by atoms with Gasteiger partial charge in [-0.1, -0.05) is 15.9 Å². The zero-order valence-electron chi connectivity index (χ0n) is 9.58. The molecule has 1 amide bonds. The van der Waals surface area contributed by atoms with Gasteiger partial charge in [0.1, 0.15) is 5.75 Å². The molecule has 88 valence electrons. The lowest BCUT2D eigenvalue weighted by Gasteiger charge is -2.14. The lowest BCUT2D eigenvalue weighted by Crippen LogP contribution is -2.28. The molecule has 0 aliphatic rings. The third-order valence-corrected chi connectivity index (χ3v) is 2.58. The van der Waals surface area contributed by atoms with Crippen molar-refractivity contribution in [3.8, 4) is 5.75 Å². The maximum Gasteiger partial charge on any atom is 0.241 e. The van der Waals surface area contributed by atoms with Crippen LogP contribution in [0.3, 0.4) is 0 Å². The molecule has 1 aromatic rings. The smallest absolute Gasteiger partial charge is 0.241 e. The van der Waals surface area contributed by atoms with Crippen molar-refractivity contribution >= 4 is 27.5 Å². The molecule has 5 heteroatoms. The van der Waals surface area contributed by atoms with Crippen LogP contribution in [0.15, 0.2) is 22.7 Å². The fraction of sp³-hybridized carbons (Fsp3) is 0.364. The van der Waals surface area contributed by atoms with Crippen molar-refractivity contribution in [2.24, 2.45) is 0 Å². The Hall–Kier alpha value is -1.23. The monoisotopic (exact) mass is 286 g/mol. The molecule has 0 bridgehead atoms. The number of halogens is 1. The molecule has 0 unspecified atom stereocenters. The van der Waals surface area contributed by atoms with Gasteiger partial charge in [-0.25, -0.2) is 0 Å². The van der Waals surface area contributed by atoms with Crippen molar-refractivity contribution in [2.45, 2.75) is 0 Å². The summed E-state index contributed by atoms with van der Waals surface area (Å²) in [5.41, 5.74) is 0.798. The summed E-state index contributed by atoms with van der Waals surface area (Å²) < 4.78 is 6.12. The summed E-state index contributed by atoms with van der Waals surface area (Å²) in [5.74, 6) is 0.733. The molecule has 0 saturated heterocycles. The molecule has 0 saturated carbocycles. The molecule has 0 atom stereocenters. The zero-order valence-corrected chi connectivity index (χ0v) is 11.2. The lowest BCUT2D eigenvalue weighted by atomic mass is 10.3. The van der Waals surface area contributed by atoms with Crippen molar-refractivity contribution in [1.82, 2.24) is 4.90 Å². The van der Waals surface area contributed by atoms with Gasteiger partial charge in [0.25, 0.3) is 0 Å². The fourth-order valence-electron chi connectivity index (χ4n) is 1.15. The van der Waals surface area contributed by atoms with Gasteiger partial charge in [-0.05, 0) is 18.2 Å². The van der Waals surface area contributed by atoms with E-state index in [0.29, 0.717) is 0 Å². The predicted octanol–water partition coefficient (Wildman–Crippen LogP) is 1.96. The van der Waals surface area contributed by atoms with Gasteiger partial charge in [0.2, 0.25) is 5.91 Å². The standard InChI is InChI=1S/C11H15BrN2O2/c1-14(2)11(15)7-13-9-6-8(12)4-5-10(9)16-3/h4-6,13H,7H2,1-3H3. The number of anilines is 1. The van der Waals surface area contributed by atoms with Gasteiger partial charge in [0, 0.05) is 18.6 Å². The number of likely N-dealkylation sites (N-methyl/N-ethyl adjacent to an activating group) is 1. The number of carbonyl (C=O) groups is 1. The highest BCUT2D eigenvalue weighted by molar-refractivity contribution is 9.10. The molecule has 0 radical (unpaired) electrons. The number of nitrogens with one attached hydrogen (secondary N) is 1. The molecule has 0 spiro atoms. The van der Waals surface area contributed by atoms with Gasteiger partial charge in [0.15, 0.2) is 0 Å². The van der Waals surface area contributed by atoms with E-state index in [1.807, 2.05) is 18.2 Å². The normalized spacial score (nSPS) is 9.75. The summed E-state index contributed by atoms with van der Waals surface area (Å²) >= 11 is 3.37. The number of hydrogen-bond acceptors (Lipinski definition) is 3. The van der Waals surface area contributed by atoms with Crippen LogP contribution in [0.4, 0.5) is 5.69 Å². The third-order valence-electron chi connectivity index (χ3n) is 2.09. The maximum absolute atomic E-state index is 11.4. The highest BCUT2D eigenvalue weighted by atomic mass is 79.9. The Morgan fingerprint density at radius 1 is 1.50 bits per heavy atom. The first kappa shape index (κ1) is 12.8. The van der Waals surface area contributed by atoms with Crippen molar-refractivity contribution in [1.29, 1.82) is 0 Å². The Kier molecular flexibility index (Phi) is 4.61. The molecule has 0 aliphatic carbocycles. The van der Waals surface area contributed by atoms with E-state index in [4.69, 9.17) is 4.74 Å². The number of methoxy groups -OCH3 is 1. The number of carbonyl (C=O) groups excluding carboxylic acids is 1. The van der Waals surface area contributed by atoms with Crippen molar-refractivity contribution in [3.63, 3.8) is 0 Å². The van der Waals surface area contributed by atoms with Crippen LogP contribution >= 0.6 is 15.9 Å². The minimum Gasteiger partial charge on any atom is -0.495 e. The van der Waals surface area contributed by atoms with Gasteiger partial charge in [-0.3, -0.25) is 4.79 Å². The number of benzene rings is 1. The van der Waals surface area contributed by atoms with E-state index in [-0.39, 0.29) is 12.5 Å². The van der Waals surface area contributed by atoms with Gasteiger partial charge < -0.3 is 15.0 Å². The lowest BCUT2D eigenvalue weighted by molar-refractivity contribution is -0.126. The minimum atomic E-state index is 0.0158. The average molecular weight is 287 g/mol. The van der Waals surface area contributed by atoms with Crippen LogP contribution in [0.1, 0.15) is 0 Å². The maximum atomic E-state index is 11.4. The van der Waals surface area contributed by atoms with E-state index in [9.17, 15) is 4.79 Å². The fourth-order valence-corrected chi connectivity index (χ4v) is 1.51. The highest BCUT2D eigenvalue weighted by Crippen LogP contribution is 2.27. The van der Waals surface area contributed by atoms with E-state index >= 15 is 0 Å². The Labute approximate surface area is 104 Å². The van der Waals surface area contributed by atoms with E-state index in [1.54, 1.807) is 21.2 Å². The number of amides is 1. The van der Waals surface area contributed by atoms with Gasteiger partial charge in [-0.15, -0.1) is 0 Å². The number of hydrogen-bond donors (Lipinski definition) is 1. The van der Waals surface area contributed by atoms with Crippen molar-refractivity contribution < 1.29 is 9.53 Å². The van der Waals surface area contributed by atoms with Crippen molar-refractivity contribution in [3.05, 3.63) is 22.7 Å². The van der Waals surface area contributed by atoms with Crippen molar-refractivity contribution in [2.75, 3.05) is 33.1 Å². The largest absolute Gasteiger partial charge is 0.495 e. The first-order valence-electron chi connectivity index (χ1n) is 4.82. The number of nitrogens with zero attached hydrogens (tertiary/aromatic N) is 1. The van der Waals surface area contributed by atoms with Crippen LogP contribution in [-0.4, -0.2) is 38.6 Å². The molecule has 0 fully saturated rings. The third kappa shape index (κ3) is 3.41. The second-order valence-corrected chi connectivity index (χ2v) is 4.40. The molecule has 0 aromatic heterocycles. The van der Waals surface area contributed by atoms with Crippen LogP contribution in [0, 0.1) is 0 Å². The van der Waals surface area contributed by atoms with E-state index < -0.39 is 0 Å². The van der Waals surface area contributed by atoms with E-state index in [1.165, 1.54) is 4.90 Å². The predicted molar refractivity (Wildman–Crippen MR) is 67.9 cm³/mol. The minimum absolute atomic E-state index is 0.0158. The van der Waals surface area contributed by atoms with Gasteiger partial charge in [-0.2, -0.15) is 0 Å². The Morgan fingerprint density at radius 3 is 2.75 bits per heavy atom. The second kappa shape index (κ2) is 5.75. The highest BCUT2D eigenvalue weighted by Gasteiger charge is 2.07. The summed E-state index contributed by atoms with van der Waals surface area (Å²) in [7, 11) is 5.05. The van der Waals surface area contributed by atoms with E-state index in [0.717, 1.165) is 15.9 Å². The quantitative estimate of drug-likeness (QED) is 0.920. The molecular weight excluding hydrogens is 272 g/mol. The van der Waals surface area contributed by atoms with Crippen LogP contribution < -0.4 is 10.1 Å². The molecule has 1 aromatic carbocycles. The van der Waals surface area contributed by atoms with Gasteiger partial charge in [0.05, 0.1) is 19.3 Å². The first-order valence-corrected chi connectivity index (χ1v) is 5.61. The van der Waals surface area contributed by atoms with E-state index in [2.05, 4.69) is 21.2 Å². The molecule has 16 heavy (non-hydrogen) atoms. The summed E-state index contributed by atoms with van der Waals surface area (Å²) in [6.45, 7) is 0.250. The number of ether oxygens (including phenoxy) is 1. The molecular formula is C11H15BrN2O2. The molecule has 0 aliphatic heterocycles. The van der Waals surface area contributed by atoms with Gasteiger partial charge >= 0.3 is 0 Å². The first-order chi connectivity index (χ1) is 7.54. The average Bonchev–Trinajstić information content (AvgIpc) is 2.25. The molecule has 0 heterocycles. The second-order valence-electron chi connectivity index (χ2n) is 3.49. The van der Waals surface area contributed by atoms with Crippen LogP contribution in [0.25, 0.3) is 0 Å². The van der Waals surface area contributed by atoms with Crippen LogP contribution in [0.2, 0.25) is 0 Å². The number of rotatable bonds is 4. The molecule has 1 rings (SSSR count). The zero-order chi connectivity index (χ0) is 12.1. The van der Waals surface area contributed by atoms with Crippen LogP contribution in [0.5, 0.6) is 5.75 Å². The Bertz CT molecular complexity index is 380. The summed E-state index contributed by atoms with van der Waals surface area (Å²) in [6, 6.07) is 5.60. The topological polar surface area (TPSA) is 41.6 Å². The SMILES string of the molecule is COc1ccc(Br)cc1NCC(=O)N(C)C. The Balaban J connectivity index is 2.72. The molecule has 1 N–H and O–H groups in total. The molecule has 4 nitrogen and oxygen atoms in total.